The molecule has 2 N–H and O–H groups in total. The number of rotatable bonds is 3. The van der Waals surface area contributed by atoms with Crippen LogP contribution in [0.3, 0.4) is 0 Å². The minimum absolute atomic E-state index is 0.553. The number of thiazole rings is 2. The first kappa shape index (κ1) is 11.5. The van der Waals surface area contributed by atoms with E-state index in [0.717, 1.165) is 27.5 Å². The zero-order valence-corrected chi connectivity index (χ0v) is 11.2. The maximum atomic E-state index is 5.65. The lowest BCUT2D eigenvalue weighted by Crippen LogP contribution is -1.95. The lowest BCUT2D eigenvalue weighted by atomic mass is 10.1. The molecule has 0 radical (unpaired) electrons. The highest BCUT2D eigenvalue weighted by Crippen LogP contribution is 2.28. The molecule has 0 fully saturated rings. The number of nitrogens with zero attached hydrogens (tertiary/aromatic N) is 2. The lowest BCUT2D eigenvalue weighted by Gasteiger charge is -2.00. The quantitative estimate of drug-likeness (QED) is 0.795. The molecule has 0 bridgehead atoms. The van der Waals surface area contributed by atoms with Crippen LogP contribution in [0, 0.1) is 0 Å². The maximum Gasteiger partial charge on any atom is 0.143 e. The Hall–Kier alpha value is -1.56. The van der Waals surface area contributed by atoms with E-state index in [1.54, 1.807) is 22.7 Å². The summed E-state index contributed by atoms with van der Waals surface area (Å²) in [6.45, 7) is 0.553. The monoisotopic (exact) mass is 273 g/mol. The number of benzene rings is 1. The fourth-order valence-corrected chi connectivity index (χ4v) is 3.11. The molecule has 0 aliphatic carbocycles. The lowest BCUT2D eigenvalue weighted by molar-refractivity contribution is 1.07. The van der Waals surface area contributed by atoms with Crippen LogP contribution in [-0.4, -0.2) is 9.97 Å². The Kier molecular flexibility index (Phi) is 3.19. The zero-order valence-electron chi connectivity index (χ0n) is 9.54. The predicted molar refractivity (Wildman–Crippen MR) is 76.5 cm³/mol. The first-order valence-corrected chi connectivity index (χ1v) is 7.32. The molecule has 0 unspecified atom stereocenters. The van der Waals surface area contributed by atoms with Gasteiger partial charge in [-0.2, -0.15) is 0 Å². The number of aromatic nitrogens is 2. The van der Waals surface area contributed by atoms with E-state index in [-0.39, 0.29) is 0 Å². The van der Waals surface area contributed by atoms with Gasteiger partial charge in [-0.05, 0) is 11.6 Å². The van der Waals surface area contributed by atoms with Gasteiger partial charge in [0.05, 0.1) is 11.2 Å². The van der Waals surface area contributed by atoms with E-state index in [4.69, 9.17) is 5.73 Å². The first-order valence-electron chi connectivity index (χ1n) is 5.50. The van der Waals surface area contributed by atoms with Crippen LogP contribution >= 0.6 is 22.7 Å². The van der Waals surface area contributed by atoms with Gasteiger partial charge in [0.15, 0.2) is 0 Å². The highest BCUT2D eigenvalue weighted by molar-refractivity contribution is 7.14. The van der Waals surface area contributed by atoms with E-state index in [1.165, 1.54) is 0 Å². The van der Waals surface area contributed by atoms with Gasteiger partial charge >= 0.3 is 0 Å². The van der Waals surface area contributed by atoms with Crippen LogP contribution in [-0.2, 0) is 6.54 Å². The van der Waals surface area contributed by atoms with Crippen LogP contribution in [0.25, 0.3) is 22.0 Å². The molecule has 90 valence electrons. The average Bonchev–Trinajstić information content (AvgIpc) is 3.09. The van der Waals surface area contributed by atoms with E-state index in [2.05, 4.69) is 27.5 Å². The molecule has 2 heterocycles. The third-order valence-corrected chi connectivity index (χ3v) is 4.07. The average molecular weight is 273 g/mol. The van der Waals surface area contributed by atoms with Gasteiger partial charge in [-0.15, -0.1) is 22.7 Å². The van der Waals surface area contributed by atoms with Gasteiger partial charge in [-0.3, -0.25) is 0 Å². The van der Waals surface area contributed by atoms with Crippen molar-refractivity contribution in [1.82, 2.24) is 9.97 Å². The van der Waals surface area contributed by atoms with Crippen molar-refractivity contribution in [2.45, 2.75) is 6.54 Å². The molecule has 3 nitrogen and oxygen atoms in total. The van der Waals surface area contributed by atoms with Crippen LogP contribution in [0.1, 0.15) is 5.56 Å². The van der Waals surface area contributed by atoms with E-state index < -0.39 is 0 Å². The van der Waals surface area contributed by atoms with Crippen molar-refractivity contribution < 1.29 is 0 Å². The fraction of sp³-hybridized carbons (Fsp3) is 0.0769. The molecule has 0 aliphatic rings. The summed E-state index contributed by atoms with van der Waals surface area (Å²) in [7, 11) is 0. The van der Waals surface area contributed by atoms with E-state index >= 15 is 0 Å². The molecule has 3 aromatic rings. The summed E-state index contributed by atoms with van der Waals surface area (Å²) in [4.78, 5) is 8.89. The standard InChI is InChI=1S/C13H11N3S2/c14-5-9-2-1-3-10(4-9)11-7-18-13(16-11)12-6-17-8-15-12/h1-4,6-8H,5,14H2. The molecular formula is C13H11N3S2. The molecular weight excluding hydrogens is 262 g/mol. The normalized spacial score (nSPS) is 10.7. The second-order valence-electron chi connectivity index (χ2n) is 3.82. The molecule has 18 heavy (non-hydrogen) atoms. The van der Waals surface area contributed by atoms with E-state index in [9.17, 15) is 0 Å². The second-order valence-corrected chi connectivity index (χ2v) is 5.39. The summed E-state index contributed by atoms with van der Waals surface area (Å²) in [6.07, 6.45) is 0. The SMILES string of the molecule is NCc1cccc(-c2csc(-c3cscn3)n2)c1. The Morgan fingerprint density at radius 3 is 2.89 bits per heavy atom. The molecule has 0 saturated carbocycles. The van der Waals surface area contributed by atoms with Gasteiger partial charge in [0.1, 0.15) is 10.7 Å². The predicted octanol–water partition coefficient (Wildman–Crippen LogP) is 3.39. The summed E-state index contributed by atoms with van der Waals surface area (Å²) in [6, 6.07) is 8.18. The van der Waals surface area contributed by atoms with Gasteiger partial charge in [-0.25, -0.2) is 9.97 Å². The van der Waals surface area contributed by atoms with Crippen molar-refractivity contribution in [2.75, 3.05) is 0 Å². The summed E-state index contributed by atoms with van der Waals surface area (Å²) >= 11 is 3.20. The van der Waals surface area contributed by atoms with Crippen LogP contribution in [0.4, 0.5) is 0 Å². The molecule has 0 amide bonds. The second kappa shape index (κ2) is 4.97. The van der Waals surface area contributed by atoms with Crippen molar-refractivity contribution in [3.63, 3.8) is 0 Å². The molecule has 2 aromatic heterocycles. The van der Waals surface area contributed by atoms with Crippen molar-refractivity contribution in [3.05, 3.63) is 46.1 Å². The summed E-state index contributed by atoms with van der Waals surface area (Å²) in [5.41, 5.74) is 11.6. The Bertz CT molecular complexity index is 644. The summed E-state index contributed by atoms with van der Waals surface area (Å²) in [5.74, 6) is 0. The third-order valence-electron chi connectivity index (χ3n) is 2.61. The van der Waals surface area contributed by atoms with Gasteiger partial charge in [-0.1, -0.05) is 18.2 Å². The molecule has 1 aromatic carbocycles. The van der Waals surface area contributed by atoms with Crippen molar-refractivity contribution in [1.29, 1.82) is 0 Å². The van der Waals surface area contributed by atoms with Crippen LogP contribution < -0.4 is 5.73 Å². The van der Waals surface area contributed by atoms with E-state index in [1.807, 2.05) is 23.0 Å². The zero-order chi connectivity index (χ0) is 12.4. The van der Waals surface area contributed by atoms with E-state index in [0.29, 0.717) is 6.54 Å². The molecule has 5 heteroatoms. The minimum atomic E-state index is 0.553. The van der Waals surface area contributed by atoms with Gasteiger partial charge in [0, 0.05) is 22.9 Å². The van der Waals surface area contributed by atoms with Crippen molar-refractivity contribution in [2.24, 2.45) is 5.73 Å². The highest BCUT2D eigenvalue weighted by Gasteiger charge is 2.08. The van der Waals surface area contributed by atoms with Gasteiger partial charge in [0.2, 0.25) is 0 Å². The molecule has 3 rings (SSSR count). The van der Waals surface area contributed by atoms with Crippen LogP contribution in [0.5, 0.6) is 0 Å². The molecule has 0 saturated heterocycles. The number of hydrogen-bond acceptors (Lipinski definition) is 5. The topological polar surface area (TPSA) is 51.8 Å². The largest absolute Gasteiger partial charge is 0.326 e. The molecule has 0 spiro atoms. The van der Waals surface area contributed by atoms with Gasteiger partial charge < -0.3 is 5.73 Å². The molecule has 0 atom stereocenters. The first-order chi connectivity index (χ1) is 8.86. The smallest absolute Gasteiger partial charge is 0.143 e. The summed E-state index contributed by atoms with van der Waals surface area (Å²) < 4.78 is 0. The van der Waals surface area contributed by atoms with Crippen molar-refractivity contribution >= 4 is 22.7 Å². The Labute approximate surface area is 113 Å². The Morgan fingerprint density at radius 1 is 1.17 bits per heavy atom. The van der Waals surface area contributed by atoms with Crippen molar-refractivity contribution in [3.8, 4) is 22.0 Å². The van der Waals surface area contributed by atoms with Crippen LogP contribution in [0.2, 0.25) is 0 Å². The number of nitrogens with two attached hydrogens (primary N) is 1. The Morgan fingerprint density at radius 2 is 2.11 bits per heavy atom. The van der Waals surface area contributed by atoms with Gasteiger partial charge in [0.25, 0.3) is 0 Å². The maximum absolute atomic E-state index is 5.65. The fourth-order valence-electron chi connectivity index (χ4n) is 1.70. The number of hydrogen-bond donors (Lipinski definition) is 1. The third kappa shape index (κ3) is 2.20. The molecule has 0 aliphatic heterocycles. The highest BCUT2D eigenvalue weighted by atomic mass is 32.1. The summed E-state index contributed by atoms with van der Waals surface area (Å²) in [5, 5.41) is 5.04. The Balaban J connectivity index is 1.97. The minimum Gasteiger partial charge on any atom is -0.326 e. The van der Waals surface area contributed by atoms with Crippen LogP contribution in [0.15, 0.2) is 40.5 Å².